The van der Waals surface area contributed by atoms with Crippen LogP contribution in [0.1, 0.15) is 5.56 Å². The van der Waals surface area contributed by atoms with Crippen LogP contribution in [-0.4, -0.2) is 13.2 Å². The summed E-state index contributed by atoms with van der Waals surface area (Å²) < 4.78 is 6.67. The van der Waals surface area contributed by atoms with Crippen molar-refractivity contribution >= 4 is 27.3 Å². The monoisotopic (exact) mass is 320 g/mol. The lowest BCUT2D eigenvalue weighted by Crippen LogP contribution is -2.12. The number of hydrogen-bond donors (Lipinski definition) is 2. The normalized spacial score (nSPS) is 10.2. The maximum Gasteiger partial charge on any atom is 0.119 e. The molecule has 2 rings (SSSR count). The summed E-state index contributed by atoms with van der Waals surface area (Å²) in [5.41, 5.74) is 8.73. The summed E-state index contributed by atoms with van der Waals surface area (Å²) in [5.74, 6) is 0.893. The highest BCUT2D eigenvalue weighted by molar-refractivity contribution is 9.10. The van der Waals surface area contributed by atoms with Crippen LogP contribution in [0, 0.1) is 6.92 Å². The van der Waals surface area contributed by atoms with E-state index in [1.807, 2.05) is 49.4 Å². The van der Waals surface area contributed by atoms with Crippen molar-refractivity contribution in [1.29, 1.82) is 0 Å². The van der Waals surface area contributed by atoms with Gasteiger partial charge in [-0.2, -0.15) is 0 Å². The average Bonchev–Trinajstić information content (AvgIpc) is 2.39. The van der Waals surface area contributed by atoms with Crippen LogP contribution >= 0.6 is 15.9 Å². The van der Waals surface area contributed by atoms with Crippen molar-refractivity contribution in [2.75, 3.05) is 24.2 Å². The fraction of sp³-hybridized carbons (Fsp3) is 0.200. The molecule has 0 radical (unpaired) electrons. The topological polar surface area (TPSA) is 47.3 Å². The molecule has 0 amide bonds. The van der Waals surface area contributed by atoms with E-state index in [1.54, 1.807) is 0 Å². The van der Waals surface area contributed by atoms with Crippen LogP contribution in [0.3, 0.4) is 0 Å². The number of anilines is 2. The second kappa shape index (κ2) is 6.48. The number of benzene rings is 2. The molecule has 0 fully saturated rings. The Balaban J connectivity index is 1.82. The van der Waals surface area contributed by atoms with E-state index in [0.717, 1.165) is 21.6 Å². The van der Waals surface area contributed by atoms with E-state index in [2.05, 4.69) is 21.2 Å². The van der Waals surface area contributed by atoms with E-state index in [4.69, 9.17) is 10.5 Å². The van der Waals surface area contributed by atoms with Gasteiger partial charge in [-0.15, -0.1) is 0 Å². The Morgan fingerprint density at radius 2 is 2.05 bits per heavy atom. The molecule has 0 unspecified atom stereocenters. The second-order valence-electron chi connectivity index (χ2n) is 4.32. The molecule has 0 heterocycles. The third kappa shape index (κ3) is 4.17. The molecular weight excluding hydrogens is 304 g/mol. The second-order valence-corrected chi connectivity index (χ2v) is 5.24. The zero-order valence-corrected chi connectivity index (χ0v) is 12.4. The molecular formula is C15H17BrN2O. The first-order valence-corrected chi connectivity index (χ1v) is 6.93. The van der Waals surface area contributed by atoms with Crippen LogP contribution in [0.2, 0.25) is 0 Å². The predicted molar refractivity (Wildman–Crippen MR) is 83.7 cm³/mol. The molecule has 100 valence electrons. The van der Waals surface area contributed by atoms with Crippen LogP contribution in [0.4, 0.5) is 11.4 Å². The standard InChI is InChI=1S/C15H17BrN2O/c1-11-3-2-4-13(9-11)19-8-7-18-15-10-12(16)5-6-14(15)17/h2-6,9-10,18H,7-8,17H2,1H3. The van der Waals surface area contributed by atoms with Gasteiger partial charge in [0, 0.05) is 11.0 Å². The highest BCUT2D eigenvalue weighted by atomic mass is 79.9. The third-order valence-corrected chi connectivity index (χ3v) is 3.18. The molecule has 3 N–H and O–H groups in total. The molecule has 0 aliphatic heterocycles. The van der Waals surface area contributed by atoms with E-state index in [1.165, 1.54) is 5.56 Å². The smallest absolute Gasteiger partial charge is 0.119 e. The van der Waals surface area contributed by atoms with Crippen molar-refractivity contribution in [3.63, 3.8) is 0 Å². The first-order valence-electron chi connectivity index (χ1n) is 6.13. The summed E-state index contributed by atoms with van der Waals surface area (Å²) >= 11 is 3.42. The first-order chi connectivity index (χ1) is 9.15. The molecule has 0 atom stereocenters. The van der Waals surface area contributed by atoms with Gasteiger partial charge in [0.25, 0.3) is 0 Å². The van der Waals surface area contributed by atoms with E-state index in [-0.39, 0.29) is 0 Å². The fourth-order valence-corrected chi connectivity index (χ4v) is 2.10. The summed E-state index contributed by atoms with van der Waals surface area (Å²) in [6.45, 7) is 3.34. The maximum atomic E-state index is 5.88. The Morgan fingerprint density at radius 1 is 1.21 bits per heavy atom. The number of halogens is 1. The van der Waals surface area contributed by atoms with Crippen molar-refractivity contribution in [2.24, 2.45) is 0 Å². The summed E-state index contributed by atoms with van der Waals surface area (Å²) in [6.07, 6.45) is 0. The SMILES string of the molecule is Cc1cccc(OCCNc2cc(Br)ccc2N)c1. The number of rotatable bonds is 5. The van der Waals surface area contributed by atoms with Gasteiger partial charge in [0.05, 0.1) is 11.4 Å². The highest BCUT2D eigenvalue weighted by Gasteiger charge is 1.99. The van der Waals surface area contributed by atoms with Gasteiger partial charge in [0.1, 0.15) is 12.4 Å². The summed E-state index contributed by atoms with van der Waals surface area (Å²) in [5, 5.41) is 3.26. The van der Waals surface area contributed by atoms with Gasteiger partial charge in [-0.1, -0.05) is 28.1 Å². The minimum absolute atomic E-state index is 0.593. The molecule has 4 heteroatoms. The zero-order chi connectivity index (χ0) is 13.7. The van der Waals surface area contributed by atoms with Crippen molar-refractivity contribution in [1.82, 2.24) is 0 Å². The summed E-state index contributed by atoms with van der Waals surface area (Å²) in [7, 11) is 0. The van der Waals surface area contributed by atoms with Gasteiger partial charge >= 0.3 is 0 Å². The quantitative estimate of drug-likeness (QED) is 0.650. The minimum atomic E-state index is 0.593. The van der Waals surface area contributed by atoms with Gasteiger partial charge < -0.3 is 15.8 Å². The fourth-order valence-electron chi connectivity index (χ4n) is 1.74. The van der Waals surface area contributed by atoms with Crippen LogP contribution in [0.15, 0.2) is 46.9 Å². The molecule has 0 saturated carbocycles. The Hall–Kier alpha value is -1.68. The van der Waals surface area contributed by atoms with Crippen molar-refractivity contribution < 1.29 is 4.74 Å². The van der Waals surface area contributed by atoms with Crippen LogP contribution < -0.4 is 15.8 Å². The lowest BCUT2D eigenvalue weighted by Gasteiger charge is -2.11. The van der Waals surface area contributed by atoms with Crippen molar-refractivity contribution in [2.45, 2.75) is 6.92 Å². The minimum Gasteiger partial charge on any atom is -0.492 e. The number of aryl methyl sites for hydroxylation is 1. The molecule has 0 bridgehead atoms. The molecule has 3 nitrogen and oxygen atoms in total. The molecule has 0 spiro atoms. The van der Waals surface area contributed by atoms with E-state index in [0.29, 0.717) is 13.2 Å². The number of ether oxygens (including phenoxy) is 1. The van der Waals surface area contributed by atoms with Crippen LogP contribution in [0.25, 0.3) is 0 Å². The number of nitrogens with two attached hydrogens (primary N) is 1. The summed E-state index contributed by atoms with van der Waals surface area (Å²) in [6, 6.07) is 13.8. The van der Waals surface area contributed by atoms with E-state index in [9.17, 15) is 0 Å². The Labute approximate surface area is 121 Å². The zero-order valence-electron chi connectivity index (χ0n) is 10.8. The molecule has 0 aromatic heterocycles. The number of nitrogen functional groups attached to an aromatic ring is 1. The Kier molecular flexibility index (Phi) is 4.68. The maximum absolute atomic E-state index is 5.88. The third-order valence-electron chi connectivity index (χ3n) is 2.69. The Morgan fingerprint density at radius 3 is 2.84 bits per heavy atom. The van der Waals surface area contributed by atoms with Gasteiger partial charge in [0.15, 0.2) is 0 Å². The van der Waals surface area contributed by atoms with Crippen molar-refractivity contribution in [3.8, 4) is 5.75 Å². The average molecular weight is 321 g/mol. The lowest BCUT2D eigenvalue weighted by molar-refractivity contribution is 0.332. The Bertz CT molecular complexity index is 558. The molecule has 19 heavy (non-hydrogen) atoms. The summed E-state index contributed by atoms with van der Waals surface area (Å²) in [4.78, 5) is 0. The van der Waals surface area contributed by atoms with Gasteiger partial charge in [0.2, 0.25) is 0 Å². The van der Waals surface area contributed by atoms with Crippen molar-refractivity contribution in [3.05, 3.63) is 52.5 Å². The molecule has 0 aliphatic rings. The van der Waals surface area contributed by atoms with Gasteiger partial charge in [-0.05, 0) is 42.8 Å². The molecule has 2 aromatic carbocycles. The van der Waals surface area contributed by atoms with Crippen LogP contribution in [-0.2, 0) is 0 Å². The van der Waals surface area contributed by atoms with Gasteiger partial charge in [-0.3, -0.25) is 0 Å². The number of hydrogen-bond acceptors (Lipinski definition) is 3. The molecule has 0 aliphatic carbocycles. The van der Waals surface area contributed by atoms with E-state index >= 15 is 0 Å². The number of nitrogens with one attached hydrogen (secondary N) is 1. The van der Waals surface area contributed by atoms with Gasteiger partial charge in [-0.25, -0.2) is 0 Å². The first kappa shape index (κ1) is 13.7. The molecule has 2 aromatic rings. The molecule has 0 saturated heterocycles. The predicted octanol–water partition coefficient (Wildman–Crippen LogP) is 3.83. The lowest BCUT2D eigenvalue weighted by atomic mass is 10.2. The highest BCUT2D eigenvalue weighted by Crippen LogP contribution is 2.23. The largest absolute Gasteiger partial charge is 0.492 e. The van der Waals surface area contributed by atoms with E-state index < -0.39 is 0 Å². The van der Waals surface area contributed by atoms with Crippen LogP contribution in [0.5, 0.6) is 5.75 Å².